The number of urea groups is 1. The first-order valence-electron chi connectivity index (χ1n) is 13.0. The highest BCUT2D eigenvalue weighted by molar-refractivity contribution is 7.21. The molecule has 2 aromatic carbocycles. The molecule has 11 heteroatoms. The standard InChI is InChI=1S/C29H28N6O4S/c1-16-14-18(39-22-8-4-3-7-19(22)26(30)36)9-10-20(16)35-21-11-12-31-28-23(21)24(33-29(35)38)25(40-28)27(37)32-17-6-5-13-34(2)15-17/h3-4,7-12,14,17H,5-6,13,15H2,1-2H3,(H2,30,36)(H,32,37)(H,33,38). The highest BCUT2D eigenvalue weighted by Gasteiger charge is 2.34. The van der Waals surface area contributed by atoms with E-state index in [1.54, 1.807) is 59.6 Å². The van der Waals surface area contributed by atoms with Crippen molar-refractivity contribution in [1.29, 1.82) is 0 Å². The van der Waals surface area contributed by atoms with Crippen molar-refractivity contribution in [3.63, 3.8) is 0 Å². The zero-order chi connectivity index (χ0) is 28.0. The molecule has 0 bridgehead atoms. The zero-order valence-electron chi connectivity index (χ0n) is 22.1. The van der Waals surface area contributed by atoms with Crippen molar-refractivity contribution < 1.29 is 19.1 Å². The molecule has 0 radical (unpaired) electrons. The van der Waals surface area contributed by atoms with Gasteiger partial charge in [0.1, 0.15) is 21.2 Å². The first-order valence-corrected chi connectivity index (χ1v) is 13.8. The van der Waals surface area contributed by atoms with Crippen LogP contribution < -0.4 is 26.0 Å². The van der Waals surface area contributed by atoms with E-state index in [-0.39, 0.29) is 23.5 Å². The fraction of sp³-hybridized carbons (Fsp3) is 0.241. The normalized spacial score (nSPS) is 17.0. The number of likely N-dealkylation sites (tertiary alicyclic amines) is 1. The van der Waals surface area contributed by atoms with Gasteiger partial charge in [0, 0.05) is 18.8 Å². The van der Waals surface area contributed by atoms with Crippen molar-refractivity contribution in [2.45, 2.75) is 25.8 Å². The number of para-hydroxylation sites is 1. The van der Waals surface area contributed by atoms with Crippen LogP contribution in [0.1, 0.15) is 38.4 Å². The summed E-state index contributed by atoms with van der Waals surface area (Å²) >= 11 is 1.28. The van der Waals surface area contributed by atoms with Gasteiger partial charge >= 0.3 is 6.03 Å². The molecule has 2 aliphatic heterocycles. The van der Waals surface area contributed by atoms with E-state index >= 15 is 0 Å². The number of ether oxygens (including phenoxy) is 1. The van der Waals surface area contributed by atoms with Crippen LogP contribution in [-0.2, 0) is 0 Å². The average molecular weight is 557 g/mol. The van der Waals surface area contributed by atoms with Gasteiger partial charge in [-0.2, -0.15) is 0 Å². The molecule has 4 heterocycles. The smallest absolute Gasteiger partial charge is 0.331 e. The number of primary amides is 1. The van der Waals surface area contributed by atoms with Gasteiger partial charge in [0.15, 0.2) is 0 Å². The number of pyridine rings is 1. The number of nitrogens with one attached hydrogen (secondary N) is 2. The quantitative estimate of drug-likeness (QED) is 0.306. The number of hydrogen-bond donors (Lipinski definition) is 3. The fourth-order valence-corrected chi connectivity index (χ4v) is 6.37. The number of anilines is 3. The van der Waals surface area contributed by atoms with Crippen LogP contribution >= 0.6 is 11.3 Å². The first kappa shape index (κ1) is 25.8. The summed E-state index contributed by atoms with van der Waals surface area (Å²) in [4.78, 5) is 48.0. The van der Waals surface area contributed by atoms with Gasteiger partial charge in [-0.05, 0) is 75.3 Å². The number of hydrogen-bond acceptors (Lipinski definition) is 7. The number of benzene rings is 2. The lowest BCUT2D eigenvalue weighted by molar-refractivity contribution is 0.0916. The number of aryl methyl sites for hydroxylation is 1. The molecule has 4 aromatic rings. The van der Waals surface area contributed by atoms with Crippen molar-refractivity contribution in [3.8, 4) is 11.5 Å². The van der Waals surface area contributed by atoms with E-state index in [1.807, 2.05) is 14.0 Å². The summed E-state index contributed by atoms with van der Waals surface area (Å²) in [5.41, 5.74) is 8.31. The van der Waals surface area contributed by atoms with Crippen LogP contribution in [0.3, 0.4) is 0 Å². The van der Waals surface area contributed by atoms with Gasteiger partial charge in [-0.1, -0.05) is 12.1 Å². The van der Waals surface area contributed by atoms with Crippen LogP contribution in [0.25, 0.3) is 10.2 Å². The average Bonchev–Trinajstić information content (AvgIpc) is 3.29. The molecule has 6 rings (SSSR count). The molecule has 1 saturated heterocycles. The van der Waals surface area contributed by atoms with Crippen LogP contribution in [0, 0.1) is 6.92 Å². The molecule has 0 aliphatic carbocycles. The van der Waals surface area contributed by atoms with Gasteiger partial charge in [0.05, 0.1) is 28.0 Å². The van der Waals surface area contributed by atoms with Crippen molar-refractivity contribution in [2.75, 3.05) is 30.4 Å². The Morgan fingerprint density at radius 1 is 1.18 bits per heavy atom. The molecule has 204 valence electrons. The Morgan fingerprint density at radius 3 is 2.77 bits per heavy atom. The summed E-state index contributed by atoms with van der Waals surface area (Å²) in [5.74, 6) is 0.0614. The van der Waals surface area contributed by atoms with Crippen LogP contribution in [-0.4, -0.2) is 53.9 Å². The summed E-state index contributed by atoms with van der Waals surface area (Å²) in [6.07, 6.45) is 3.60. The highest BCUT2D eigenvalue weighted by Crippen LogP contribution is 2.46. The molecule has 10 nitrogen and oxygen atoms in total. The monoisotopic (exact) mass is 556 g/mol. The third-order valence-corrected chi connectivity index (χ3v) is 8.30. The van der Waals surface area contributed by atoms with Crippen LogP contribution in [0.2, 0.25) is 0 Å². The number of nitrogens with zero attached hydrogens (tertiary/aromatic N) is 3. The third kappa shape index (κ3) is 4.63. The number of amides is 4. The number of likely N-dealkylation sites (N-methyl/N-ethyl adjacent to an activating group) is 1. The number of aromatic nitrogens is 1. The summed E-state index contributed by atoms with van der Waals surface area (Å²) < 4.78 is 5.96. The van der Waals surface area contributed by atoms with E-state index in [1.165, 1.54) is 11.3 Å². The minimum Gasteiger partial charge on any atom is -0.457 e. The van der Waals surface area contributed by atoms with Gasteiger partial charge in [0.25, 0.3) is 11.8 Å². The molecule has 1 unspecified atom stereocenters. The molecule has 1 fully saturated rings. The van der Waals surface area contributed by atoms with Crippen LogP contribution in [0.15, 0.2) is 54.7 Å². The van der Waals surface area contributed by atoms with Gasteiger partial charge < -0.3 is 26.0 Å². The Bertz CT molecular complexity index is 1670. The minimum absolute atomic E-state index is 0.0604. The first-order chi connectivity index (χ1) is 19.3. The predicted octanol–water partition coefficient (Wildman–Crippen LogP) is 5.00. The second kappa shape index (κ2) is 10.2. The van der Waals surface area contributed by atoms with Crippen LogP contribution in [0.4, 0.5) is 21.9 Å². The van der Waals surface area contributed by atoms with Crippen LogP contribution in [0.5, 0.6) is 11.5 Å². The van der Waals surface area contributed by atoms with Gasteiger partial charge in [-0.25, -0.2) is 9.78 Å². The molecule has 2 aliphatic rings. The second-order valence-corrected chi connectivity index (χ2v) is 11.1. The van der Waals surface area contributed by atoms with Gasteiger partial charge in [-0.3, -0.25) is 14.5 Å². The predicted molar refractivity (Wildman–Crippen MR) is 155 cm³/mol. The maximum Gasteiger partial charge on any atom is 0.331 e. The minimum atomic E-state index is -0.582. The number of rotatable bonds is 6. The largest absolute Gasteiger partial charge is 0.457 e. The third-order valence-electron chi connectivity index (χ3n) is 7.20. The molecular weight excluding hydrogens is 528 g/mol. The highest BCUT2D eigenvalue weighted by atomic mass is 32.1. The summed E-state index contributed by atoms with van der Waals surface area (Å²) in [6, 6.07) is 13.5. The number of carbonyl (C=O) groups is 3. The van der Waals surface area contributed by atoms with Crippen molar-refractivity contribution in [1.82, 2.24) is 15.2 Å². The summed E-state index contributed by atoms with van der Waals surface area (Å²) in [7, 11) is 2.05. The Balaban J connectivity index is 1.32. The van der Waals surface area contributed by atoms with Gasteiger partial charge in [0.2, 0.25) is 0 Å². The molecule has 0 saturated carbocycles. The SMILES string of the molecule is Cc1cc(Oc2ccccc2C(N)=O)ccc1N1C(=O)Nc2c(C(=O)NC3CCCN(C)C3)sc3nccc1c23. The summed E-state index contributed by atoms with van der Waals surface area (Å²) in [5, 5.41) is 6.83. The maximum atomic E-state index is 13.5. The second-order valence-electron chi connectivity index (χ2n) is 10.1. The lowest BCUT2D eigenvalue weighted by Crippen LogP contribution is -2.46. The van der Waals surface area contributed by atoms with Crippen molar-refractivity contribution in [3.05, 3.63) is 70.7 Å². The van der Waals surface area contributed by atoms with E-state index in [4.69, 9.17) is 10.5 Å². The van der Waals surface area contributed by atoms with Gasteiger partial charge in [-0.15, -0.1) is 11.3 Å². The molecule has 4 N–H and O–H groups in total. The Labute approximate surface area is 234 Å². The lowest BCUT2D eigenvalue weighted by atomic mass is 10.1. The van der Waals surface area contributed by atoms with E-state index in [0.29, 0.717) is 38.3 Å². The fourth-order valence-electron chi connectivity index (χ4n) is 5.35. The maximum absolute atomic E-state index is 13.5. The Morgan fingerprint density at radius 2 is 2.00 bits per heavy atom. The molecule has 2 aromatic heterocycles. The Hall–Kier alpha value is -4.48. The van der Waals surface area contributed by atoms with E-state index in [2.05, 4.69) is 20.5 Å². The topological polar surface area (TPSA) is 130 Å². The zero-order valence-corrected chi connectivity index (χ0v) is 22.9. The number of carbonyl (C=O) groups excluding carboxylic acids is 3. The van der Waals surface area contributed by atoms with E-state index < -0.39 is 5.91 Å². The lowest BCUT2D eigenvalue weighted by Gasteiger charge is -2.31. The summed E-state index contributed by atoms with van der Waals surface area (Å²) in [6.45, 7) is 3.69. The van der Waals surface area contributed by atoms with Crippen molar-refractivity contribution >= 4 is 56.5 Å². The van der Waals surface area contributed by atoms with Crippen molar-refractivity contribution in [2.24, 2.45) is 5.73 Å². The molecule has 1 atom stereocenters. The molecule has 4 amide bonds. The van der Waals surface area contributed by atoms with E-state index in [0.717, 1.165) is 36.9 Å². The molecule has 40 heavy (non-hydrogen) atoms. The van der Waals surface area contributed by atoms with E-state index in [9.17, 15) is 14.4 Å². The molecular formula is C29H28N6O4S. The number of piperidine rings is 1. The molecule has 0 spiro atoms. The number of nitrogens with two attached hydrogens (primary N) is 1. The number of thiophene rings is 1. The Kier molecular flexibility index (Phi) is 6.60.